The standard InChI is InChI=1S/C30H33FN2O3/c1-30(2,25-11-4-5-12-26(25)31)20-33-29(35)23-13-14-27-24(19-23)18-21-9-8-10-22(17-21)28(34)32-15-6-3-7-16-36-27/h4-5,8-14,17,19H,3,6-7,15-16,18,20H2,1-2H3,(H,32,34)(H,33,35). The zero-order valence-corrected chi connectivity index (χ0v) is 20.9. The zero-order valence-electron chi connectivity index (χ0n) is 20.9. The van der Waals surface area contributed by atoms with E-state index in [4.69, 9.17) is 4.74 Å². The van der Waals surface area contributed by atoms with Crippen molar-refractivity contribution in [3.63, 3.8) is 0 Å². The second-order valence-corrected chi connectivity index (χ2v) is 9.91. The maximum Gasteiger partial charge on any atom is 0.251 e. The summed E-state index contributed by atoms with van der Waals surface area (Å²) in [6, 6.07) is 19.6. The maximum absolute atomic E-state index is 14.3. The normalized spacial score (nSPS) is 14.6. The molecule has 0 unspecified atom stereocenters. The van der Waals surface area contributed by atoms with Crippen molar-refractivity contribution in [3.05, 3.63) is 100 Å². The molecule has 188 valence electrons. The highest BCUT2D eigenvalue weighted by molar-refractivity contribution is 5.95. The molecule has 0 atom stereocenters. The number of nitrogens with one attached hydrogen (secondary N) is 2. The molecule has 3 aromatic carbocycles. The van der Waals surface area contributed by atoms with Gasteiger partial charge in [-0.3, -0.25) is 9.59 Å². The SMILES string of the molecule is CC(C)(CNC(=O)c1ccc2c(c1)Cc1cccc(c1)C(=O)NCCCCCO2)c1ccccc1F. The monoisotopic (exact) mass is 488 g/mol. The van der Waals surface area contributed by atoms with Crippen molar-refractivity contribution in [3.8, 4) is 5.75 Å². The smallest absolute Gasteiger partial charge is 0.251 e. The van der Waals surface area contributed by atoms with Crippen LogP contribution in [0.1, 0.15) is 70.5 Å². The molecule has 3 aromatic rings. The Balaban J connectivity index is 1.55. The number of ether oxygens (including phenoxy) is 1. The molecular formula is C30H33FN2O3. The summed E-state index contributed by atoms with van der Waals surface area (Å²) in [6.45, 7) is 5.32. The topological polar surface area (TPSA) is 67.4 Å². The molecule has 0 spiro atoms. The number of benzene rings is 3. The van der Waals surface area contributed by atoms with E-state index in [1.807, 2.05) is 50.2 Å². The molecule has 1 aliphatic heterocycles. The summed E-state index contributed by atoms with van der Waals surface area (Å²) in [5.41, 5.74) is 2.96. The molecule has 0 aromatic heterocycles. The lowest BCUT2D eigenvalue weighted by molar-refractivity contribution is 0.0940. The van der Waals surface area contributed by atoms with Crippen LogP contribution in [-0.2, 0) is 11.8 Å². The predicted octanol–water partition coefficient (Wildman–Crippen LogP) is 5.42. The van der Waals surface area contributed by atoms with E-state index in [1.165, 1.54) is 6.07 Å². The molecule has 2 amide bonds. The van der Waals surface area contributed by atoms with Gasteiger partial charge in [0, 0.05) is 36.1 Å². The number of carbonyl (C=O) groups is 2. The molecule has 0 aliphatic carbocycles. The third-order valence-corrected chi connectivity index (χ3v) is 6.56. The Morgan fingerprint density at radius 1 is 1.03 bits per heavy atom. The number of fused-ring (bicyclic) bond motifs is 3. The number of rotatable bonds is 4. The third kappa shape index (κ3) is 6.30. The van der Waals surface area contributed by atoms with Gasteiger partial charge in [-0.25, -0.2) is 4.39 Å². The van der Waals surface area contributed by atoms with Crippen LogP contribution in [0.4, 0.5) is 4.39 Å². The van der Waals surface area contributed by atoms with Crippen molar-refractivity contribution in [2.24, 2.45) is 0 Å². The molecule has 1 aliphatic rings. The van der Waals surface area contributed by atoms with Crippen LogP contribution in [0.3, 0.4) is 0 Å². The number of hydrogen-bond donors (Lipinski definition) is 2. The Morgan fingerprint density at radius 3 is 2.69 bits per heavy atom. The van der Waals surface area contributed by atoms with Gasteiger partial charge in [0.05, 0.1) is 6.61 Å². The van der Waals surface area contributed by atoms with Crippen LogP contribution < -0.4 is 15.4 Å². The first kappa shape index (κ1) is 25.4. The third-order valence-electron chi connectivity index (χ3n) is 6.56. The average Bonchev–Trinajstić information content (AvgIpc) is 2.87. The minimum absolute atomic E-state index is 0.0732. The van der Waals surface area contributed by atoms with Crippen molar-refractivity contribution in [2.75, 3.05) is 19.7 Å². The number of carbonyl (C=O) groups excluding carboxylic acids is 2. The molecule has 2 N–H and O–H groups in total. The van der Waals surface area contributed by atoms with Crippen LogP contribution >= 0.6 is 0 Å². The molecule has 5 nitrogen and oxygen atoms in total. The zero-order chi connectivity index (χ0) is 25.5. The Morgan fingerprint density at radius 2 is 1.86 bits per heavy atom. The van der Waals surface area contributed by atoms with Gasteiger partial charge in [0.1, 0.15) is 11.6 Å². The fraction of sp³-hybridized carbons (Fsp3) is 0.333. The highest BCUT2D eigenvalue weighted by Gasteiger charge is 2.25. The lowest BCUT2D eigenvalue weighted by atomic mass is 9.84. The largest absolute Gasteiger partial charge is 0.493 e. The van der Waals surface area contributed by atoms with Gasteiger partial charge in [-0.2, -0.15) is 0 Å². The van der Waals surface area contributed by atoms with E-state index in [0.717, 1.165) is 36.1 Å². The molecule has 0 saturated carbocycles. The molecule has 2 bridgehead atoms. The maximum atomic E-state index is 14.3. The van der Waals surface area contributed by atoms with Crippen LogP contribution in [0.5, 0.6) is 5.75 Å². The van der Waals surface area contributed by atoms with E-state index in [9.17, 15) is 14.0 Å². The Hall–Kier alpha value is -3.67. The second kappa shape index (κ2) is 11.4. The molecular weight excluding hydrogens is 455 g/mol. The summed E-state index contributed by atoms with van der Waals surface area (Å²) in [5, 5.41) is 5.94. The van der Waals surface area contributed by atoms with Crippen molar-refractivity contribution >= 4 is 11.8 Å². The molecule has 4 rings (SSSR count). The summed E-state index contributed by atoms with van der Waals surface area (Å²) in [6.07, 6.45) is 3.25. The average molecular weight is 489 g/mol. The summed E-state index contributed by atoms with van der Waals surface area (Å²) >= 11 is 0. The van der Waals surface area contributed by atoms with Crippen molar-refractivity contribution in [1.82, 2.24) is 10.6 Å². The number of halogens is 1. The first-order chi connectivity index (χ1) is 17.3. The fourth-order valence-corrected chi connectivity index (χ4v) is 4.44. The van der Waals surface area contributed by atoms with E-state index < -0.39 is 5.41 Å². The summed E-state index contributed by atoms with van der Waals surface area (Å²) in [4.78, 5) is 25.6. The summed E-state index contributed by atoms with van der Waals surface area (Å²) < 4.78 is 20.4. The molecule has 0 radical (unpaired) electrons. The van der Waals surface area contributed by atoms with E-state index in [2.05, 4.69) is 10.6 Å². The van der Waals surface area contributed by atoms with Gasteiger partial charge in [0.2, 0.25) is 0 Å². The van der Waals surface area contributed by atoms with E-state index in [-0.39, 0.29) is 24.2 Å². The van der Waals surface area contributed by atoms with Gasteiger partial charge >= 0.3 is 0 Å². The van der Waals surface area contributed by atoms with Crippen molar-refractivity contribution < 1.29 is 18.7 Å². The molecule has 0 saturated heterocycles. The first-order valence-electron chi connectivity index (χ1n) is 12.5. The van der Waals surface area contributed by atoms with Gasteiger partial charge in [0.15, 0.2) is 0 Å². The Bertz CT molecular complexity index is 1240. The van der Waals surface area contributed by atoms with E-state index >= 15 is 0 Å². The summed E-state index contributed by atoms with van der Waals surface area (Å²) in [7, 11) is 0. The van der Waals surface area contributed by atoms with Crippen LogP contribution in [0, 0.1) is 5.82 Å². The van der Waals surface area contributed by atoms with Gasteiger partial charge < -0.3 is 15.4 Å². The highest BCUT2D eigenvalue weighted by Crippen LogP contribution is 2.27. The van der Waals surface area contributed by atoms with Crippen LogP contribution in [0.15, 0.2) is 66.7 Å². The van der Waals surface area contributed by atoms with Gasteiger partial charge in [-0.05, 0) is 72.4 Å². The highest BCUT2D eigenvalue weighted by atomic mass is 19.1. The van der Waals surface area contributed by atoms with Gasteiger partial charge in [0.25, 0.3) is 11.8 Å². The van der Waals surface area contributed by atoms with Crippen molar-refractivity contribution in [2.45, 2.75) is 44.9 Å². The van der Waals surface area contributed by atoms with Crippen molar-refractivity contribution in [1.29, 1.82) is 0 Å². The Labute approximate surface area is 212 Å². The minimum Gasteiger partial charge on any atom is -0.493 e. The molecule has 6 heteroatoms. The van der Waals surface area contributed by atoms with E-state index in [1.54, 1.807) is 24.3 Å². The summed E-state index contributed by atoms with van der Waals surface area (Å²) in [5.74, 6) is 0.159. The first-order valence-corrected chi connectivity index (χ1v) is 12.5. The van der Waals surface area contributed by atoms with Gasteiger partial charge in [-0.1, -0.05) is 44.2 Å². The fourth-order valence-electron chi connectivity index (χ4n) is 4.44. The molecule has 0 fully saturated rings. The molecule has 1 heterocycles. The predicted molar refractivity (Wildman–Crippen MR) is 139 cm³/mol. The van der Waals surface area contributed by atoms with Crippen LogP contribution in [0.25, 0.3) is 0 Å². The van der Waals surface area contributed by atoms with Crippen LogP contribution in [0.2, 0.25) is 0 Å². The second-order valence-electron chi connectivity index (χ2n) is 9.91. The number of amides is 2. The number of hydrogen-bond acceptors (Lipinski definition) is 3. The van der Waals surface area contributed by atoms with Gasteiger partial charge in [-0.15, -0.1) is 0 Å². The Kier molecular flexibility index (Phi) is 8.04. The lowest BCUT2D eigenvalue weighted by Gasteiger charge is -2.26. The van der Waals surface area contributed by atoms with Crippen LogP contribution in [-0.4, -0.2) is 31.5 Å². The lowest BCUT2D eigenvalue weighted by Crippen LogP contribution is -2.37. The molecule has 36 heavy (non-hydrogen) atoms. The minimum atomic E-state index is -0.571. The van der Waals surface area contributed by atoms with E-state index in [0.29, 0.717) is 36.3 Å². The quantitative estimate of drug-likeness (QED) is 0.516.